The summed E-state index contributed by atoms with van der Waals surface area (Å²) in [5.41, 5.74) is 1.42. The minimum absolute atomic E-state index is 0.788. The smallest absolute Gasteiger partial charge is 0.0346 e. The van der Waals surface area contributed by atoms with Crippen molar-refractivity contribution in [3.05, 3.63) is 18.6 Å². The van der Waals surface area contributed by atoms with Crippen LogP contribution >= 0.6 is 0 Å². The van der Waals surface area contributed by atoms with Crippen molar-refractivity contribution in [3.8, 4) is 0 Å². The van der Waals surface area contributed by atoms with Crippen LogP contribution in [0, 0.1) is 12.8 Å². The van der Waals surface area contributed by atoms with Crippen LogP contribution in [0.2, 0.25) is 0 Å². The van der Waals surface area contributed by atoms with Crippen LogP contribution in [0.15, 0.2) is 11.6 Å². The highest BCUT2D eigenvalue weighted by Crippen LogP contribution is 2.12. The van der Waals surface area contributed by atoms with Gasteiger partial charge in [-0.1, -0.05) is 25.0 Å². The fourth-order valence-corrected chi connectivity index (χ4v) is 1.09. The Bertz CT molecular complexity index is 107. The van der Waals surface area contributed by atoms with Gasteiger partial charge in [-0.2, -0.15) is 0 Å². The van der Waals surface area contributed by atoms with Crippen LogP contribution in [0.25, 0.3) is 0 Å². The van der Waals surface area contributed by atoms with Crippen molar-refractivity contribution in [2.75, 3.05) is 0 Å². The molecular weight excluding hydrogens is 132 g/mol. The molecule has 0 N–H and O–H groups in total. The summed E-state index contributed by atoms with van der Waals surface area (Å²) in [5.74, 6) is 0.788. The monoisotopic (exact) mass is 152 g/mol. The van der Waals surface area contributed by atoms with Gasteiger partial charge in [0.2, 0.25) is 0 Å². The first-order chi connectivity index (χ1) is 5.16. The summed E-state index contributed by atoms with van der Waals surface area (Å²) in [5, 5.41) is 0. The molecular formula is C11H20. The summed E-state index contributed by atoms with van der Waals surface area (Å²) >= 11 is 0. The molecule has 11 heavy (non-hydrogen) atoms. The van der Waals surface area contributed by atoms with Crippen LogP contribution in [0.1, 0.15) is 46.5 Å². The molecule has 0 spiro atoms. The highest BCUT2D eigenvalue weighted by Gasteiger charge is 1.97. The molecule has 0 aliphatic carbocycles. The molecule has 64 valence electrons. The topological polar surface area (TPSA) is 0 Å². The fraction of sp³-hybridized carbons (Fsp3) is 0.727. The number of hydrogen-bond acceptors (Lipinski definition) is 0. The van der Waals surface area contributed by atoms with Crippen LogP contribution in [0.4, 0.5) is 0 Å². The number of rotatable bonds is 5. The first-order valence-electron chi connectivity index (χ1n) is 4.50. The summed E-state index contributed by atoms with van der Waals surface area (Å²) in [6.07, 6.45) is 6.78. The Morgan fingerprint density at radius 1 is 1.36 bits per heavy atom. The van der Waals surface area contributed by atoms with E-state index in [9.17, 15) is 0 Å². The van der Waals surface area contributed by atoms with Crippen LogP contribution in [-0.2, 0) is 0 Å². The lowest BCUT2D eigenvalue weighted by atomic mass is 10.00. The second-order valence-corrected chi connectivity index (χ2v) is 3.54. The van der Waals surface area contributed by atoms with Crippen LogP contribution in [0.5, 0.6) is 0 Å². The van der Waals surface area contributed by atoms with Gasteiger partial charge in [0, 0.05) is 0 Å². The van der Waals surface area contributed by atoms with E-state index in [-0.39, 0.29) is 0 Å². The molecule has 0 heterocycles. The van der Waals surface area contributed by atoms with Gasteiger partial charge in [-0.15, -0.1) is 0 Å². The minimum Gasteiger partial charge on any atom is -0.0859 e. The molecule has 0 aliphatic rings. The summed E-state index contributed by atoms with van der Waals surface area (Å²) in [4.78, 5) is 0. The van der Waals surface area contributed by atoms with Crippen molar-refractivity contribution in [1.29, 1.82) is 0 Å². The van der Waals surface area contributed by atoms with Crippen LogP contribution in [-0.4, -0.2) is 0 Å². The first kappa shape index (κ1) is 10.7. The molecule has 2 radical (unpaired) electrons. The van der Waals surface area contributed by atoms with E-state index in [0.29, 0.717) is 0 Å². The van der Waals surface area contributed by atoms with Crippen LogP contribution in [0.3, 0.4) is 0 Å². The van der Waals surface area contributed by atoms with Gasteiger partial charge in [-0.25, -0.2) is 0 Å². The summed E-state index contributed by atoms with van der Waals surface area (Å²) in [6.45, 7) is 12.0. The zero-order valence-corrected chi connectivity index (χ0v) is 8.06. The van der Waals surface area contributed by atoms with Gasteiger partial charge in [0.25, 0.3) is 0 Å². The molecule has 0 saturated carbocycles. The van der Waals surface area contributed by atoms with Gasteiger partial charge < -0.3 is 0 Å². The molecule has 0 amide bonds. The molecule has 0 bridgehead atoms. The van der Waals surface area contributed by atoms with Gasteiger partial charge in [0.15, 0.2) is 0 Å². The average molecular weight is 152 g/mol. The number of allylic oxidation sites excluding steroid dienone is 2. The molecule has 1 atom stereocenters. The van der Waals surface area contributed by atoms with Crippen molar-refractivity contribution < 1.29 is 0 Å². The maximum absolute atomic E-state index is 5.45. The van der Waals surface area contributed by atoms with Gasteiger partial charge in [-0.3, -0.25) is 0 Å². The molecule has 0 heteroatoms. The Morgan fingerprint density at radius 2 is 2.00 bits per heavy atom. The molecule has 0 aromatic rings. The third kappa shape index (κ3) is 7.64. The van der Waals surface area contributed by atoms with Gasteiger partial charge >= 0.3 is 0 Å². The summed E-state index contributed by atoms with van der Waals surface area (Å²) in [7, 11) is 0. The summed E-state index contributed by atoms with van der Waals surface area (Å²) in [6, 6.07) is 0. The predicted molar refractivity (Wildman–Crippen MR) is 51.4 cm³/mol. The molecule has 0 nitrogen and oxygen atoms in total. The Morgan fingerprint density at radius 3 is 2.45 bits per heavy atom. The predicted octanol–water partition coefficient (Wildman–Crippen LogP) is 3.86. The molecule has 0 aromatic heterocycles. The second kappa shape index (κ2) is 6.45. The first-order valence-corrected chi connectivity index (χ1v) is 4.50. The van der Waals surface area contributed by atoms with Gasteiger partial charge in [0.1, 0.15) is 0 Å². The lowest BCUT2D eigenvalue weighted by Gasteiger charge is -2.06. The molecule has 0 aliphatic heterocycles. The van der Waals surface area contributed by atoms with E-state index in [4.69, 9.17) is 6.92 Å². The van der Waals surface area contributed by atoms with Crippen LogP contribution < -0.4 is 0 Å². The molecule has 0 saturated heterocycles. The Balaban J connectivity index is 3.31. The lowest BCUT2D eigenvalue weighted by Crippen LogP contribution is -1.92. The Hall–Kier alpha value is -0.260. The maximum Gasteiger partial charge on any atom is -0.0346 e. The quantitative estimate of drug-likeness (QED) is 0.525. The average Bonchev–Trinajstić information content (AvgIpc) is 1.87. The SMILES string of the molecule is [CH]CCC(C)CCC=C(C)C. The standard InChI is InChI=1S/C11H20/c1-5-7-11(4)9-6-8-10(2)3/h1,8,11H,5-7,9H2,2-4H3. The van der Waals surface area contributed by atoms with E-state index >= 15 is 0 Å². The molecule has 0 aromatic carbocycles. The fourth-order valence-electron chi connectivity index (χ4n) is 1.09. The zero-order valence-electron chi connectivity index (χ0n) is 8.06. The van der Waals surface area contributed by atoms with Crippen molar-refractivity contribution in [1.82, 2.24) is 0 Å². The molecule has 0 fully saturated rings. The van der Waals surface area contributed by atoms with E-state index in [1.807, 2.05) is 0 Å². The molecule has 1 unspecified atom stereocenters. The Kier molecular flexibility index (Phi) is 6.30. The van der Waals surface area contributed by atoms with E-state index in [1.54, 1.807) is 0 Å². The van der Waals surface area contributed by atoms with E-state index in [0.717, 1.165) is 18.8 Å². The number of hydrogen-bond donors (Lipinski definition) is 0. The largest absolute Gasteiger partial charge is 0.0859 e. The maximum atomic E-state index is 5.45. The van der Waals surface area contributed by atoms with E-state index in [2.05, 4.69) is 26.8 Å². The van der Waals surface area contributed by atoms with E-state index < -0.39 is 0 Å². The Labute approximate surface area is 71.7 Å². The second-order valence-electron chi connectivity index (χ2n) is 3.54. The highest BCUT2D eigenvalue weighted by molar-refractivity contribution is 4.92. The highest BCUT2D eigenvalue weighted by atomic mass is 14.0. The van der Waals surface area contributed by atoms with Gasteiger partial charge in [-0.05, 0) is 46.0 Å². The van der Waals surface area contributed by atoms with Crippen molar-refractivity contribution in [2.24, 2.45) is 5.92 Å². The van der Waals surface area contributed by atoms with Crippen molar-refractivity contribution in [3.63, 3.8) is 0 Å². The lowest BCUT2D eigenvalue weighted by molar-refractivity contribution is 0.500. The molecule has 0 rings (SSSR count). The van der Waals surface area contributed by atoms with Crippen molar-refractivity contribution in [2.45, 2.75) is 46.5 Å². The minimum atomic E-state index is 0.788. The normalized spacial score (nSPS) is 12.7. The van der Waals surface area contributed by atoms with Crippen molar-refractivity contribution >= 4 is 0 Å². The third-order valence-electron chi connectivity index (χ3n) is 1.87. The van der Waals surface area contributed by atoms with Gasteiger partial charge in [0.05, 0.1) is 0 Å². The van der Waals surface area contributed by atoms with E-state index in [1.165, 1.54) is 18.4 Å². The zero-order chi connectivity index (χ0) is 8.69. The summed E-state index contributed by atoms with van der Waals surface area (Å²) < 4.78 is 0. The third-order valence-corrected chi connectivity index (χ3v) is 1.87.